The van der Waals surface area contributed by atoms with Crippen molar-refractivity contribution in [1.29, 1.82) is 0 Å². The smallest absolute Gasteiger partial charge is 0.453 e. The molecule has 3 atom stereocenters. The van der Waals surface area contributed by atoms with E-state index in [1.54, 1.807) is 4.90 Å². The van der Waals surface area contributed by atoms with Crippen LogP contribution >= 0.6 is 0 Å². The Labute approximate surface area is 175 Å². The van der Waals surface area contributed by atoms with Crippen LogP contribution in [0.25, 0.3) is 0 Å². The maximum absolute atomic E-state index is 13.1. The van der Waals surface area contributed by atoms with Gasteiger partial charge in [-0.3, -0.25) is 4.79 Å². The Hall–Kier alpha value is -3.03. The molecule has 0 saturated carbocycles. The molecule has 0 radical (unpaired) electrons. The van der Waals surface area contributed by atoms with Crippen LogP contribution in [0.15, 0.2) is 42.1 Å². The highest BCUT2D eigenvalue weighted by atomic mass is 16.7. The maximum atomic E-state index is 13.1. The van der Waals surface area contributed by atoms with E-state index in [0.717, 1.165) is 11.3 Å². The van der Waals surface area contributed by atoms with Gasteiger partial charge in [-0.2, -0.15) is 0 Å². The Morgan fingerprint density at radius 3 is 2.63 bits per heavy atom. The predicted octanol–water partition coefficient (Wildman–Crippen LogP) is 2.93. The third-order valence-electron chi connectivity index (χ3n) is 6.48. The fraction of sp³-hybridized carbons (Fsp3) is 0.500. The van der Waals surface area contributed by atoms with Crippen LogP contribution < -0.4 is 0 Å². The highest BCUT2D eigenvalue weighted by Crippen LogP contribution is 2.55. The predicted molar refractivity (Wildman–Crippen MR) is 106 cm³/mol. The van der Waals surface area contributed by atoms with Gasteiger partial charge in [-0.05, 0) is 12.0 Å². The topological polar surface area (TPSA) is 85.4 Å². The van der Waals surface area contributed by atoms with Crippen molar-refractivity contribution in [2.75, 3.05) is 27.3 Å². The van der Waals surface area contributed by atoms with Crippen molar-refractivity contribution in [3.63, 3.8) is 0 Å². The largest absolute Gasteiger partial charge is 0.508 e. The van der Waals surface area contributed by atoms with E-state index < -0.39 is 23.8 Å². The van der Waals surface area contributed by atoms with Crippen molar-refractivity contribution in [3.8, 4) is 0 Å². The van der Waals surface area contributed by atoms with Gasteiger partial charge in [0, 0.05) is 43.0 Å². The molecule has 2 fully saturated rings. The second-order valence-electron chi connectivity index (χ2n) is 8.02. The van der Waals surface area contributed by atoms with Gasteiger partial charge >= 0.3 is 12.2 Å². The number of benzene rings is 1. The third kappa shape index (κ3) is 3.40. The zero-order valence-corrected chi connectivity index (χ0v) is 17.2. The van der Waals surface area contributed by atoms with Gasteiger partial charge in [0.15, 0.2) is 0 Å². The first-order valence-electron chi connectivity index (χ1n) is 10.1. The number of methoxy groups -OCH3 is 2. The summed E-state index contributed by atoms with van der Waals surface area (Å²) < 4.78 is 15.2. The van der Waals surface area contributed by atoms with E-state index in [1.807, 2.05) is 41.3 Å². The van der Waals surface area contributed by atoms with Crippen molar-refractivity contribution in [1.82, 2.24) is 9.80 Å². The monoisotopic (exact) mass is 414 g/mol. The lowest BCUT2D eigenvalue weighted by molar-refractivity contribution is -0.128. The van der Waals surface area contributed by atoms with Gasteiger partial charge in [-0.15, -0.1) is 0 Å². The Morgan fingerprint density at radius 2 is 1.93 bits per heavy atom. The normalized spacial score (nSPS) is 27.7. The number of piperidine rings is 1. The molecule has 0 bridgehead atoms. The van der Waals surface area contributed by atoms with Crippen molar-refractivity contribution in [3.05, 3.63) is 47.7 Å². The minimum Gasteiger partial charge on any atom is -0.453 e. The van der Waals surface area contributed by atoms with Crippen molar-refractivity contribution >= 4 is 18.2 Å². The molecule has 2 saturated heterocycles. The van der Waals surface area contributed by atoms with E-state index in [9.17, 15) is 14.4 Å². The molecule has 3 aliphatic rings. The molecular formula is C22H26N2O6. The van der Waals surface area contributed by atoms with Gasteiger partial charge in [0.25, 0.3) is 0 Å². The molecule has 1 aromatic rings. The van der Waals surface area contributed by atoms with E-state index in [-0.39, 0.29) is 18.2 Å². The average molecular weight is 414 g/mol. The molecule has 1 aromatic carbocycles. The number of hydrogen-bond donors (Lipinski definition) is 0. The van der Waals surface area contributed by atoms with Crippen molar-refractivity contribution in [2.45, 2.75) is 31.9 Å². The summed E-state index contributed by atoms with van der Waals surface area (Å²) in [4.78, 5) is 40.7. The van der Waals surface area contributed by atoms with E-state index in [0.29, 0.717) is 32.5 Å². The number of carbonyl (C=O) groups is 3. The first-order chi connectivity index (χ1) is 14.5. The fourth-order valence-corrected chi connectivity index (χ4v) is 5.20. The Morgan fingerprint density at radius 1 is 1.17 bits per heavy atom. The van der Waals surface area contributed by atoms with E-state index >= 15 is 0 Å². The number of nitrogens with zero attached hydrogens (tertiary/aromatic N) is 2. The van der Waals surface area contributed by atoms with Gasteiger partial charge in [0.05, 0.1) is 20.8 Å². The molecule has 8 heteroatoms. The molecule has 1 spiro atoms. The lowest BCUT2D eigenvalue weighted by atomic mass is 9.62. The second kappa shape index (κ2) is 8.01. The van der Waals surface area contributed by atoms with Crippen molar-refractivity contribution in [2.24, 2.45) is 11.3 Å². The number of amides is 2. The highest BCUT2D eigenvalue weighted by molar-refractivity contribution is 5.84. The van der Waals surface area contributed by atoms with Crippen LogP contribution in [0.1, 0.15) is 24.8 Å². The summed E-state index contributed by atoms with van der Waals surface area (Å²) >= 11 is 0. The van der Waals surface area contributed by atoms with Crippen LogP contribution in [-0.2, 0) is 25.5 Å². The molecule has 4 rings (SSSR count). The second-order valence-corrected chi connectivity index (χ2v) is 8.02. The van der Waals surface area contributed by atoms with Crippen LogP contribution in [0.4, 0.5) is 9.59 Å². The van der Waals surface area contributed by atoms with Crippen LogP contribution in [0.5, 0.6) is 0 Å². The van der Waals surface area contributed by atoms with E-state index in [1.165, 1.54) is 14.2 Å². The zero-order valence-electron chi connectivity index (χ0n) is 17.2. The van der Waals surface area contributed by atoms with Gasteiger partial charge in [-0.1, -0.05) is 36.4 Å². The molecule has 0 unspecified atom stereocenters. The van der Waals surface area contributed by atoms with Gasteiger partial charge in [0.2, 0.25) is 5.91 Å². The summed E-state index contributed by atoms with van der Waals surface area (Å²) in [5.74, 6) is -0.0669. The van der Waals surface area contributed by atoms with Crippen LogP contribution in [0.3, 0.4) is 0 Å². The lowest BCUT2D eigenvalue weighted by Gasteiger charge is -2.50. The van der Waals surface area contributed by atoms with Gasteiger partial charge in [-0.25, -0.2) is 9.59 Å². The quantitative estimate of drug-likeness (QED) is 0.707. The minimum absolute atomic E-state index is 0.0144. The molecule has 2 aliphatic heterocycles. The SMILES string of the molecule is COC(=O)O[C@@H]1CC=C2N(Cc3ccccc3)C(=O)C[C@@]23CN(C(=O)OC)CC[C@@H]13. The third-order valence-corrected chi connectivity index (χ3v) is 6.48. The summed E-state index contributed by atoms with van der Waals surface area (Å²) in [5, 5.41) is 0. The van der Waals surface area contributed by atoms with Gasteiger partial charge in [0.1, 0.15) is 6.10 Å². The summed E-state index contributed by atoms with van der Waals surface area (Å²) in [5.41, 5.74) is 1.35. The van der Waals surface area contributed by atoms with Crippen molar-refractivity contribution < 1.29 is 28.6 Å². The number of carbonyl (C=O) groups excluding carboxylic acids is 3. The Balaban J connectivity index is 1.69. The highest BCUT2D eigenvalue weighted by Gasteiger charge is 2.59. The zero-order chi connectivity index (χ0) is 21.3. The minimum atomic E-state index is -0.729. The molecule has 0 aromatic heterocycles. The number of hydrogen-bond acceptors (Lipinski definition) is 6. The summed E-state index contributed by atoms with van der Waals surface area (Å²) in [6.07, 6.45) is 1.84. The number of likely N-dealkylation sites (tertiary alicyclic amines) is 2. The summed E-state index contributed by atoms with van der Waals surface area (Å²) in [6, 6.07) is 9.82. The van der Waals surface area contributed by atoms with E-state index in [4.69, 9.17) is 14.2 Å². The first-order valence-corrected chi connectivity index (χ1v) is 10.1. The Bertz CT molecular complexity index is 870. The number of rotatable bonds is 3. The molecule has 30 heavy (non-hydrogen) atoms. The summed E-state index contributed by atoms with van der Waals surface area (Å²) in [7, 11) is 2.64. The first kappa shape index (κ1) is 20.3. The number of ether oxygens (including phenoxy) is 3. The fourth-order valence-electron chi connectivity index (χ4n) is 5.20. The Kier molecular flexibility index (Phi) is 5.40. The molecule has 2 heterocycles. The van der Waals surface area contributed by atoms with Crippen LogP contribution in [-0.4, -0.2) is 61.4 Å². The maximum Gasteiger partial charge on any atom is 0.508 e. The molecule has 0 N–H and O–H groups in total. The van der Waals surface area contributed by atoms with Crippen LogP contribution in [0.2, 0.25) is 0 Å². The molecule has 1 aliphatic carbocycles. The molecule has 160 valence electrons. The van der Waals surface area contributed by atoms with Gasteiger partial charge < -0.3 is 24.0 Å². The standard InChI is InChI=1S/C22H26N2O6/c1-28-20(26)23-11-10-16-17(30-21(27)29-2)8-9-18-22(16,14-23)12-19(25)24(18)13-15-6-4-3-5-7-15/h3-7,9,16-17H,8,10-14H2,1-2H3/t16-,17+,22-/m0/s1. The lowest BCUT2D eigenvalue weighted by Crippen LogP contribution is -2.56. The molecule has 2 amide bonds. The van der Waals surface area contributed by atoms with Crippen LogP contribution in [0, 0.1) is 11.3 Å². The molecule has 8 nitrogen and oxygen atoms in total. The summed E-state index contributed by atoms with van der Waals surface area (Å²) in [6.45, 7) is 1.31. The molecular weight excluding hydrogens is 388 g/mol. The van der Waals surface area contributed by atoms with E-state index in [2.05, 4.69) is 0 Å². The average Bonchev–Trinajstić information content (AvgIpc) is 3.03.